The molecule has 4 rings (SSSR count). The Morgan fingerprint density at radius 2 is 1.44 bits per heavy atom. The van der Waals surface area contributed by atoms with Crippen LogP contribution in [0.4, 0.5) is 8.78 Å². The van der Waals surface area contributed by atoms with Crippen LogP contribution in [0.2, 0.25) is 0 Å². The van der Waals surface area contributed by atoms with Crippen LogP contribution in [0.5, 0.6) is 0 Å². The van der Waals surface area contributed by atoms with Gasteiger partial charge >= 0.3 is 0 Å². The minimum atomic E-state index is -1.21. The molecule has 0 N–H and O–H groups in total. The Morgan fingerprint density at radius 3 is 1.96 bits per heavy atom. The summed E-state index contributed by atoms with van der Waals surface area (Å²) in [6.45, 7) is 3.09. The third-order valence-corrected chi connectivity index (χ3v) is 6.36. The van der Waals surface area contributed by atoms with E-state index in [9.17, 15) is 8.78 Å². The Kier molecular flexibility index (Phi) is 4.84. The predicted octanol–water partition coefficient (Wildman–Crippen LogP) is 6.06. The van der Waals surface area contributed by atoms with Crippen molar-refractivity contribution < 1.29 is 8.78 Å². The van der Waals surface area contributed by atoms with Crippen LogP contribution in [0, 0.1) is 0 Å². The van der Waals surface area contributed by atoms with Crippen LogP contribution in [0.25, 0.3) is 0 Å². The maximum atomic E-state index is 14.9. The number of benzene rings is 2. The third kappa shape index (κ3) is 3.94. The van der Waals surface area contributed by atoms with E-state index in [1.165, 1.54) is 5.56 Å². The summed E-state index contributed by atoms with van der Waals surface area (Å²) in [4.78, 5) is 2.32. The minimum Gasteiger partial charge on any atom is -0.299 e. The molecule has 0 aromatic heterocycles. The molecular formula is C24H29F2N. The van der Waals surface area contributed by atoms with E-state index in [-0.39, 0.29) is 0 Å². The van der Waals surface area contributed by atoms with Crippen molar-refractivity contribution in [2.24, 2.45) is 0 Å². The molecule has 0 radical (unpaired) electrons. The van der Waals surface area contributed by atoms with Crippen molar-refractivity contribution in [1.29, 1.82) is 0 Å². The van der Waals surface area contributed by atoms with Gasteiger partial charge < -0.3 is 0 Å². The zero-order valence-corrected chi connectivity index (χ0v) is 16.3. The maximum absolute atomic E-state index is 14.9. The third-order valence-electron chi connectivity index (χ3n) is 6.36. The van der Waals surface area contributed by atoms with Gasteiger partial charge in [-0.2, -0.15) is 0 Å². The van der Waals surface area contributed by atoms with E-state index in [0.717, 1.165) is 36.1 Å². The van der Waals surface area contributed by atoms with Gasteiger partial charge in [-0.15, -0.1) is 0 Å². The lowest BCUT2D eigenvalue weighted by Gasteiger charge is -2.26. The van der Waals surface area contributed by atoms with E-state index in [1.807, 2.05) is 24.3 Å². The first-order valence-electron chi connectivity index (χ1n) is 10.2. The lowest BCUT2D eigenvalue weighted by molar-refractivity contribution is 0.236. The second kappa shape index (κ2) is 7.01. The van der Waals surface area contributed by atoms with E-state index >= 15 is 0 Å². The molecule has 2 aliphatic carbocycles. The molecule has 144 valence electrons. The highest BCUT2D eigenvalue weighted by molar-refractivity contribution is 5.46. The van der Waals surface area contributed by atoms with E-state index in [0.29, 0.717) is 31.7 Å². The molecule has 3 heteroatoms. The smallest absolute Gasteiger partial charge is 0.136 e. The summed E-state index contributed by atoms with van der Waals surface area (Å²) in [5, 5.41) is 0. The largest absolute Gasteiger partial charge is 0.299 e. The number of hydrogen-bond donors (Lipinski definition) is 0. The highest BCUT2D eigenvalue weighted by Crippen LogP contribution is 2.55. The van der Waals surface area contributed by atoms with Gasteiger partial charge in [-0.1, -0.05) is 48.5 Å². The zero-order valence-electron chi connectivity index (χ0n) is 16.3. The first-order chi connectivity index (χ1) is 12.9. The highest BCUT2D eigenvalue weighted by atomic mass is 19.1. The summed E-state index contributed by atoms with van der Waals surface area (Å²) in [5.41, 5.74) is 1.31. The molecule has 2 aromatic rings. The molecule has 27 heavy (non-hydrogen) atoms. The van der Waals surface area contributed by atoms with Crippen molar-refractivity contribution in [2.75, 3.05) is 7.05 Å². The number of alkyl halides is 2. The van der Waals surface area contributed by atoms with Crippen molar-refractivity contribution in [3.05, 3.63) is 70.8 Å². The molecule has 2 aliphatic rings. The highest BCUT2D eigenvalue weighted by Gasteiger charge is 2.50. The van der Waals surface area contributed by atoms with Crippen LogP contribution in [-0.4, -0.2) is 18.0 Å². The fourth-order valence-corrected chi connectivity index (χ4v) is 4.05. The van der Waals surface area contributed by atoms with Crippen LogP contribution < -0.4 is 0 Å². The molecule has 0 saturated heterocycles. The standard InChI is InChI=1S/C24H29F2N/c1-18(27(2)17-19-7-4-3-5-8-19)11-12-20-21(23(25)13-14-23)9-6-10-22(20)24(26)15-16-24/h3-10,18H,11-17H2,1-2H3. The van der Waals surface area contributed by atoms with Crippen molar-refractivity contribution in [3.63, 3.8) is 0 Å². The summed E-state index contributed by atoms with van der Waals surface area (Å²) in [5.74, 6) is 0. The van der Waals surface area contributed by atoms with Crippen molar-refractivity contribution in [1.82, 2.24) is 4.90 Å². The first kappa shape index (κ1) is 18.6. The Balaban J connectivity index is 1.49. The normalized spacial score (nSPS) is 20.5. The second-order valence-electron chi connectivity index (χ2n) is 8.55. The lowest BCUT2D eigenvalue weighted by atomic mass is 9.89. The van der Waals surface area contributed by atoms with Gasteiger partial charge in [0.25, 0.3) is 0 Å². The summed E-state index contributed by atoms with van der Waals surface area (Å²) < 4.78 is 29.8. The van der Waals surface area contributed by atoms with Crippen LogP contribution in [0.3, 0.4) is 0 Å². The molecule has 0 aliphatic heterocycles. The van der Waals surface area contributed by atoms with E-state index in [2.05, 4.69) is 43.1 Å². The molecular weight excluding hydrogens is 340 g/mol. The molecule has 2 saturated carbocycles. The first-order valence-corrected chi connectivity index (χ1v) is 10.2. The minimum absolute atomic E-state index is 0.343. The van der Waals surface area contributed by atoms with Crippen LogP contribution in [0.1, 0.15) is 61.3 Å². The fourth-order valence-electron chi connectivity index (χ4n) is 4.05. The van der Waals surface area contributed by atoms with Gasteiger partial charge in [0, 0.05) is 12.6 Å². The molecule has 1 unspecified atom stereocenters. The summed E-state index contributed by atoms with van der Waals surface area (Å²) in [6.07, 6.45) is 3.94. The average molecular weight is 369 g/mol. The van der Waals surface area contributed by atoms with Gasteiger partial charge in [0.05, 0.1) is 0 Å². The molecule has 0 spiro atoms. The average Bonchev–Trinajstić information content (AvgIpc) is 3.59. The maximum Gasteiger partial charge on any atom is 0.136 e. The quantitative estimate of drug-likeness (QED) is 0.547. The molecule has 0 bridgehead atoms. The van der Waals surface area contributed by atoms with Crippen molar-refractivity contribution >= 4 is 0 Å². The van der Waals surface area contributed by atoms with Gasteiger partial charge in [0.2, 0.25) is 0 Å². The molecule has 1 nitrogen and oxygen atoms in total. The zero-order chi connectivity index (χ0) is 19.1. The van der Waals surface area contributed by atoms with Crippen molar-refractivity contribution in [3.8, 4) is 0 Å². The topological polar surface area (TPSA) is 3.24 Å². The van der Waals surface area contributed by atoms with Gasteiger partial charge in [-0.25, -0.2) is 8.78 Å². The Labute approximate surface area is 161 Å². The molecule has 2 fully saturated rings. The predicted molar refractivity (Wildman–Crippen MR) is 106 cm³/mol. The number of halogens is 2. The molecule has 0 heterocycles. The molecule has 2 aromatic carbocycles. The SMILES string of the molecule is CC(CCc1c(C2(F)CC2)cccc1C1(F)CC1)N(C)Cc1ccccc1. The lowest BCUT2D eigenvalue weighted by Crippen LogP contribution is -2.29. The Morgan fingerprint density at radius 1 is 0.889 bits per heavy atom. The number of nitrogens with zero attached hydrogens (tertiary/aromatic N) is 1. The van der Waals surface area contributed by atoms with Crippen LogP contribution in [-0.2, 0) is 24.3 Å². The van der Waals surface area contributed by atoms with Gasteiger partial charge in [-0.3, -0.25) is 4.90 Å². The summed E-state index contributed by atoms with van der Waals surface area (Å²) in [7, 11) is 2.12. The fraction of sp³-hybridized carbons (Fsp3) is 0.500. The second-order valence-corrected chi connectivity index (χ2v) is 8.55. The van der Waals surface area contributed by atoms with Gasteiger partial charge in [0.1, 0.15) is 11.3 Å². The van der Waals surface area contributed by atoms with Crippen LogP contribution in [0.15, 0.2) is 48.5 Å². The molecule has 1 atom stereocenters. The van der Waals surface area contributed by atoms with Gasteiger partial charge in [-0.05, 0) is 74.8 Å². The van der Waals surface area contributed by atoms with Crippen molar-refractivity contribution in [2.45, 2.75) is 69.4 Å². The number of hydrogen-bond acceptors (Lipinski definition) is 1. The Hall–Kier alpha value is -1.74. The molecule has 0 amide bonds. The number of rotatable bonds is 8. The van der Waals surface area contributed by atoms with E-state index < -0.39 is 11.3 Å². The Bertz CT molecular complexity index is 757. The summed E-state index contributed by atoms with van der Waals surface area (Å²) in [6, 6.07) is 16.4. The van der Waals surface area contributed by atoms with E-state index in [1.54, 1.807) is 0 Å². The van der Waals surface area contributed by atoms with Gasteiger partial charge in [0.15, 0.2) is 0 Å². The monoisotopic (exact) mass is 369 g/mol. The summed E-state index contributed by atoms with van der Waals surface area (Å²) >= 11 is 0. The van der Waals surface area contributed by atoms with Crippen LogP contribution >= 0.6 is 0 Å². The van der Waals surface area contributed by atoms with E-state index in [4.69, 9.17) is 0 Å².